The Morgan fingerprint density at radius 2 is 1.95 bits per heavy atom. The Morgan fingerprint density at radius 1 is 1.26 bits per heavy atom. The number of carbonyl (C=O) groups excluding carboxylic acids is 1. The number of hydrogen-bond donors (Lipinski definition) is 2. The van der Waals surface area contributed by atoms with Crippen molar-refractivity contribution in [3.8, 4) is 0 Å². The van der Waals surface area contributed by atoms with Gasteiger partial charge in [-0.3, -0.25) is 4.79 Å². The molecule has 3 heteroatoms. The summed E-state index contributed by atoms with van der Waals surface area (Å²) in [5.74, 6) is 0.407. The van der Waals surface area contributed by atoms with Crippen LogP contribution in [-0.4, -0.2) is 12.5 Å². The predicted molar refractivity (Wildman–Crippen MR) is 80.4 cm³/mol. The molecule has 2 N–H and O–H groups in total. The topological polar surface area (TPSA) is 41.1 Å². The molecule has 1 amide bonds. The molecule has 0 aromatic heterocycles. The van der Waals surface area contributed by atoms with Gasteiger partial charge >= 0.3 is 0 Å². The Morgan fingerprint density at radius 3 is 2.58 bits per heavy atom. The van der Waals surface area contributed by atoms with Gasteiger partial charge in [-0.25, -0.2) is 0 Å². The lowest BCUT2D eigenvalue weighted by Gasteiger charge is -2.18. The Labute approximate surface area is 115 Å². The molecular weight excluding hydrogens is 236 g/mol. The van der Waals surface area contributed by atoms with E-state index in [9.17, 15) is 4.79 Å². The van der Waals surface area contributed by atoms with Crippen molar-refractivity contribution in [1.82, 2.24) is 0 Å². The summed E-state index contributed by atoms with van der Waals surface area (Å²) in [7, 11) is 0. The molecule has 1 aliphatic rings. The molecule has 1 saturated carbocycles. The van der Waals surface area contributed by atoms with Gasteiger partial charge in [0.2, 0.25) is 5.91 Å². The van der Waals surface area contributed by atoms with Crippen LogP contribution in [0.1, 0.15) is 40.0 Å². The number of rotatable bonds is 5. The molecule has 1 fully saturated rings. The van der Waals surface area contributed by atoms with Gasteiger partial charge in [-0.1, -0.05) is 26.8 Å². The highest BCUT2D eigenvalue weighted by Gasteiger charge is 2.29. The van der Waals surface area contributed by atoms with Gasteiger partial charge in [0.25, 0.3) is 0 Å². The highest BCUT2D eigenvalue weighted by Crippen LogP contribution is 2.30. The lowest BCUT2D eigenvalue weighted by Crippen LogP contribution is -2.14. The van der Waals surface area contributed by atoms with E-state index in [1.807, 2.05) is 24.3 Å². The van der Waals surface area contributed by atoms with Crippen LogP contribution in [0.3, 0.4) is 0 Å². The minimum absolute atomic E-state index is 0.159. The van der Waals surface area contributed by atoms with E-state index in [4.69, 9.17) is 0 Å². The molecular formula is C16H24N2O. The van der Waals surface area contributed by atoms with Crippen molar-refractivity contribution in [2.75, 3.05) is 17.2 Å². The molecule has 0 saturated heterocycles. The van der Waals surface area contributed by atoms with E-state index >= 15 is 0 Å². The fourth-order valence-corrected chi connectivity index (χ4v) is 1.88. The van der Waals surface area contributed by atoms with Crippen molar-refractivity contribution in [3.63, 3.8) is 0 Å². The molecule has 0 atom stereocenters. The first-order chi connectivity index (χ1) is 8.94. The van der Waals surface area contributed by atoms with Gasteiger partial charge in [0.15, 0.2) is 0 Å². The Hall–Kier alpha value is -1.51. The second-order valence-electron chi connectivity index (χ2n) is 6.58. The summed E-state index contributed by atoms with van der Waals surface area (Å²) in [5, 5.41) is 6.38. The zero-order valence-corrected chi connectivity index (χ0v) is 12.1. The van der Waals surface area contributed by atoms with Gasteiger partial charge in [-0.05, 0) is 42.9 Å². The minimum Gasteiger partial charge on any atom is -0.385 e. The number of anilines is 2. The monoisotopic (exact) mass is 260 g/mol. The molecule has 0 aliphatic heterocycles. The van der Waals surface area contributed by atoms with Gasteiger partial charge in [-0.15, -0.1) is 0 Å². The van der Waals surface area contributed by atoms with Gasteiger partial charge in [0.1, 0.15) is 0 Å². The highest BCUT2D eigenvalue weighted by atomic mass is 16.2. The first kappa shape index (κ1) is 13.9. The average Bonchev–Trinajstić information content (AvgIpc) is 3.11. The van der Waals surface area contributed by atoms with Crippen LogP contribution in [-0.2, 0) is 4.79 Å². The first-order valence-electron chi connectivity index (χ1n) is 7.09. The molecule has 0 bridgehead atoms. The number of hydrogen-bond acceptors (Lipinski definition) is 2. The summed E-state index contributed by atoms with van der Waals surface area (Å²) >= 11 is 0. The molecule has 19 heavy (non-hydrogen) atoms. The lowest BCUT2D eigenvalue weighted by atomic mass is 9.92. The van der Waals surface area contributed by atoms with Gasteiger partial charge in [0, 0.05) is 23.8 Å². The number of nitrogens with one attached hydrogen (secondary N) is 2. The van der Waals surface area contributed by atoms with Crippen LogP contribution in [0.5, 0.6) is 0 Å². The summed E-state index contributed by atoms with van der Waals surface area (Å²) < 4.78 is 0. The van der Waals surface area contributed by atoms with Crippen LogP contribution in [0.2, 0.25) is 0 Å². The zero-order valence-electron chi connectivity index (χ0n) is 12.1. The molecule has 0 spiro atoms. The molecule has 1 aromatic rings. The SMILES string of the molecule is CC(C)(C)CCNc1cccc(NC(=O)C2CC2)c1. The third-order valence-corrected chi connectivity index (χ3v) is 3.28. The third-order valence-electron chi connectivity index (χ3n) is 3.28. The normalized spacial score (nSPS) is 15.1. The number of benzene rings is 1. The number of carbonyl (C=O) groups is 1. The lowest BCUT2D eigenvalue weighted by molar-refractivity contribution is -0.117. The Kier molecular flexibility index (Phi) is 4.13. The zero-order chi connectivity index (χ0) is 13.9. The smallest absolute Gasteiger partial charge is 0.227 e. The molecule has 0 heterocycles. The molecule has 1 aromatic carbocycles. The van der Waals surface area contributed by atoms with Crippen molar-refractivity contribution in [2.45, 2.75) is 40.0 Å². The molecule has 1 aliphatic carbocycles. The van der Waals surface area contributed by atoms with E-state index < -0.39 is 0 Å². The molecule has 104 valence electrons. The summed E-state index contributed by atoms with van der Waals surface area (Å²) in [6, 6.07) is 7.95. The van der Waals surface area contributed by atoms with Gasteiger partial charge in [-0.2, -0.15) is 0 Å². The Balaban J connectivity index is 1.85. The fraction of sp³-hybridized carbons (Fsp3) is 0.562. The maximum Gasteiger partial charge on any atom is 0.227 e. The van der Waals surface area contributed by atoms with E-state index in [1.165, 1.54) is 0 Å². The Bertz CT molecular complexity index is 444. The average molecular weight is 260 g/mol. The molecule has 3 nitrogen and oxygen atoms in total. The standard InChI is InChI=1S/C16H24N2O/c1-16(2,3)9-10-17-13-5-4-6-14(11-13)18-15(19)12-7-8-12/h4-6,11-12,17H,7-10H2,1-3H3,(H,18,19). The van der Waals surface area contributed by atoms with Gasteiger partial charge < -0.3 is 10.6 Å². The van der Waals surface area contributed by atoms with Crippen molar-refractivity contribution < 1.29 is 4.79 Å². The second kappa shape index (κ2) is 5.64. The highest BCUT2D eigenvalue weighted by molar-refractivity contribution is 5.94. The summed E-state index contributed by atoms with van der Waals surface area (Å²) in [6.07, 6.45) is 3.19. The van der Waals surface area contributed by atoms with E-state index in [-0.39, 0.29) is 11.8 Å². The largest absolute Gasteiger partial charge is 0.385 e. The summed E-state index contributed by atoms with van der Waals surface area (Å²) in [4.78, 5) is 11.7. The van der Waals surface area contributed by atoms with Crippen LogP contribution in [0.25, 0.3) is 0 Å². The van der Waals surface area contributed by atoms with E-state index in [0.717, 1.165) is 37.2 Å². The fourth-order valence-electron chi connectivity index (χ4n) is 1.88. The molecule has 2 rings (SSSR count). The third kappa shape index (κ3) is 4.93. The minimum atomic E-state index is 0.159. The number of amides is 1. The summed E-state index contributed by atoms with van der Waals surface area (Å²) in [5.41, 5.74) is 2.29. The first-order valence-corrected chi connectivity index (χ1v) is 7.09. The van der Waals surface area contributed by atoms with Crippen molar-refractivity contribution in [2.24, 2.45) is 11.3 Å². The van der Waals surface area contributed by atoms with Crippen molar-refractivity contribution in [1.29, 1.82) is 0 Å². The van der Waals surface area contributed by atoms with Crippen molar-refractivity contribution in [3.05, 3.63) is 24.3 Å². The predicted octanol–water partition coefficient (Wildman–Crippen LogP) is 3.88. The van der Waals surface area contributed by atoms with Gasteiger partial charge in [0.05, 0.1) is 0 Å². The van der Waals surface area contributed by atoms with Crippen LogP contribution in [0.4, 0.5) is 11.4 Å². The van der Waals surface area contributed by atoms with Crippen LogP contribution in [0.15, 0.2) is 24.3 Å². The van der Waals surface area contributed by atoms with E-state index in [1.54, 1.807) is 0 Å². The van der Waals surface area contributed by atoms with Crippen LogP contribution < -0.4 is 10.6 Å². The van der Waals surface area contributed by atoms with Crippen molar-refractivity contribution >= 4 is 17.3 Å². The molecule has 0 unspecified atom stereocenters. The second-order valence-corrected chi connectivity index (χ2v) is 6.58. The maximum absolute atomic E-state index is 11.7. The van der Waals surface area contributed by atoms with E-state index in [0.29, 0.717) is 5.41 Å². The summed E-state index contributed by atoms with van der Waals surface area (Å²) in [6.45, 7) is 7.66. The van der Waals surface area contributed by atoms with Crippen LogP contribution in [0, 0.1) is 11.3 Å². The maximum atomic E-state index is 11.7. The van der Waals surface area contributed by atoms with Crippen LogP contribution >= 0.6 is 0 Å². The van der Waals surface area contributed by atoms with E-state index in [2.05, 4.69) is 31.4 Å². The quantitative estimate of drug-likeness (QED) is 0.843. The molecule has 0 radical (unpaired) electrons.